The maximum Gasteiger partial charge on any atom is 0.416 e. The van der Waals surface area contributed by atoms with E-state index >= 15 is 0 Å². The van der Waals surface area contributed by atoms with Crippen molar-refractivity contribution >= 4 is 0 Å². The molecule has 3 rings (SSSR count). The van der Waals surface area contributed by atoms with Gasteiger partial charge in [-0.15, -0.1) is 0 Å². The third-order valence-electron chi connectivity index (χ3n) is 3.64. The smallest absolute Gasteiger partial charge is 0.416 e. The Morgan fingerprint density at radius 3 is 2.59 bits per heavy atom. The summed E-state index contributed by atoms with van der Waals surface area (Å²) in [6.07, 6.45) is -4.27. The van der Waals surface area contributed by atoms with Gasteiger partial charge in [0.2, 0.25) is 0 Å². The van der Waals surface area contributed by atoms with Gasteiger partial charge in [0.15, 0.2) is 11.6 Å². The standard InChI is InChI=1S/C16H13F4NO/c17-14-7-10(4-11-6-13(8-21)22-15(11)14)9-2-1-3-12(5-9)16(18,19)20/h1-5,7,13H,6,8,21H2. The summed E-state index contributed by atoms with van der Waals surface area (Å²) in [7, 11) is 0. The van der Waals surface area contributed by atoms with E-state index in [0.29, 0.717) is 23.1 Å². The Morgan fingerprint density at radius 2 is 1.91 bits per heavy atom. The molecule has 1 aliphatic rings. The van der Waals surface area contributed by atoms with Crippen LogP contribution in [0.3, 0.4) is 0 Å². The molecule has 0 saturated carbocycles. The van der Waals surface area contributed by atoms with E-state index in [0.717, 1.165) is 12.1 Å². The highest BCUT2D eigenvalue weighted by molar-refractivity contribution is 5.67. The van der Waals surface area contributed by atoms with E-state index < -0.39 is 17.6 Å². The Bertz CT molecular complexity index is 712. The number of fused-ring (bicyclic) bond motifs is 1. The Kier molecular flexibility index (Phi) is 3.56. The first-order chi connectivity index (χ1) is 10.4. The van der Waals surface area contributed by atoms with Crippen molar-refractivity contribution in [2.75, 3.05) is 6.54 Å². The summed E-state index contributed by atoms with van der Waals surface area (Å²) >= 11 is 0. The lowest BCUT2D eigenvalue weighted by molar-refractivity contribution is -0.137. The van der Waals surface area contributed by atoms with Crippen molar-refractivity contribution in [3.05, 3.63) is 53.3 Å². The molecule has 6 heteroatoms. The number of benzene rings is 2. The predicted octanol–water partition coefficient (Wildman–Crippen LogP) is 3.77. The van der Waals surface area contributed by atoms with Crippen LogP contribution in [0.2, 0.25) is 0 Å². The van der Waals surface area contributed by atoms with E-state index in [4.69, 9.17) is 10.5 Å². The summed E-state index contributed by atoms with van der Waals surface area (Å²) in [6.45, 7) is 0.257. The number of alkyl halides is 3. The molecule has 0 fully saturated rings. The first-order valence-corrected chi connectivity index (χ1v) is 6.75. The van der Waals surface area contributed by atoms with Gasteiger partial charge in [-0.2, -0.15) is 13.2 Å². The summed E-state index contributed by atoms with van der Waals surface area (Å²) in [6, 6.07) is 7.67. The van der Waals surface area contributed by atoms with Gasteiger partial charge in [0.1, 0.15) is 6.10 Å². The Morgan fingerprint density at radius 1 is 1.14 bits per heavy atom. The molecule has 0 radical (unpaired) electrons. The first-order valence-electron chi connectivity index (χ1n) is 6.75. The van der Waals surface area contributed by atoms with Gasteiger partial charge in [-0.1, -0.05) is 12.1 Å². The second kappa shape index (κ2) is 5.28. The highest BCUT2D eigenvalue weighted by atomic mass is 19.4. The van der Waals surface area contributed by atoms with Gasteiger partial charge in [0.05, 0.1) is 5.56 Å². The lowest BCUT2D eigenvalue weighted by Gasteiger charge is -2.10. The van der Waals surface area contributed by atoms with Crippen LogP contribution in [-0.4, -0.2) is 12.6 Å². The molecule has 0 amide bonds. The largest absolute Gasteiger partial charge is 0.485 e. The van der Waals surface area contributed by atoms with Crippen LogP contribution >= 0.6 is 0 Å². The van der Waals surface area contributed by atoms with Gasteiger partial charge in [-0.25, -0.2) is 4.39 Å². The fraction of sp³-hybridized carbons (Fsp3) is 0.250. The number of rotatable bonds is 2. The quantitative estimate of drug-likeness (QED) is 0.857. The molecule has 22 heavy (non-hydrogen) atoms. The number of halogens is 4. The second-order valence-corrected chi connectivity index (χ2v) is 5.20. The molecule has 0 aliphatic carbocycles. The minimum absolute atomic E-state index is 0.145. The molecular formula is C16H13F4NO. The molecule has 2 N–H and O–H groups in total. The van der Waals surface area contributed by atoms with Crippen LogP contribution in [0, 0.1) is 5.82 Å². The molecule has 1 heterocycles. The molecule has 1 aliphatic heterocycles. The summed E-state index contributed by atoms with van der Waals surface area (Å²) in [5.74, 6) is -0.438. The minimum Gasteiger partial charge on any atom is -0.485 e. The van der Waals surface area contributed by atoms with E-state index in [1.54, 1.807) is 6.07 Å². The van der Waals surface area contributed by atoms with E-state index in [9.17, 15) is 17.6 Å². The lowest BCUT2D eigenvalue weighted by atomic mass is 9.99. The summed E-state index contributed by atoms with van der Waals surface area (Å²) in [4.78, 5) is 0. The zero-order valence-corrected chi connectivity index (χ0v) is 11.5. The molecule has 2 aromatic carbocycles. The molecule has 0 aromatic heterocycles. The van der Waals surface area contributed by atoms with Crippen LogP contribution < -0.4 is 10.5 Å². The zero-order valence-electron chi connectivity index (χ0n) is 11.5. The SMILES string of the molecule is NCC1Cc2cc(-c3cccc(C(F)(F)F)c3)cc(F)c2O1. The third kappa shape index (κ3) is 2.66. The minimum atomic E-state index is -4.43. The van der Waals surface area contributed by atoms with Crippen molar-refractivity contribution < 1.29 is 22.3 Å². The summed E-state index contributed by atoms with van der Waals surface area (Å²) < 4.78 is 57.8. The molecule has 1 unspecified atom stereocenters. The highest BCUT2D eigenvalue weighted by Crippen LogP contribution is 2.37. The molecule has 0 spiro atoms. The molecule has 0 bridgehead atoms. The topological polar surface area (TPSA) is 35.2 Å². The van der Waals surface area contributed by atoms with Crippen molar-refractivity contribution in [1.29, 1.82) is 0 Å². The van der Waals surface area contributed by atoms with Crippen molar-refractivity contribution in [2.24, 2.45) is 5.73 Å². The number of hydrogen-bond acceptors (Lipinski definition) is 2. The van der Waals surface area contributed by atoms with Gasteiger partial charge in [-0.05, 0) is 35.4 Å². The third-order valence-corrected chi connectivity index (χ3v) is 3.64. The average Bonchev–Trinajstić information content (AvgIpc) is 2.90. The predicted molar refractivity (Wildman–Crippen MR) is 74.0 cm³/mol. The fourth-order valence-electron chi connectivity index (χ4n) is 2.56. The van der Waals surface area contributed by atoms with E-state index in [-0.39, 0.29) is 18.4 Å². The molecule has 0 saturated heterocycles. The van der Waals surface area contributed by atoms with Gasteiger partial charge in [0, 0.05) is 18.5 Å². The highest BCUT2D eigenvalue weighted by Gasteiger charge is 2.31. The monoisotopic (exact) mass is 311 g/mol. The first kappa shape index (κ1) is 14.8. The average molecular weight is 311 g/mol. The van der Waals surface area contributed by atoms with Crippen molar-refractivity contribution in [3.63, 3.8) is 0 Å². The maximum absolute atomic E-state index is 14.1. The normalized spacial score (nSPS) is 17.2. The van der Waals surface area contributed by atoms with Crippen molar-refractivity contribution in [3.8, 4) is 16.9 Å². The van der Waals surface area contributed by atoms with E-state index in [1.165, 1.54) is 18.2 Å². The fourth-order valence-corrected chi connectivity index (χ4v) is 2.56. The van der Waals surface area contributed by atoms with Gasteiger partial charge < -0.3 is 10.5 Å². The van der Waals surface area contributed by atoms with Crippen molar-refractivity contribution in [2.45, 2.75) is 18.7 Å². The number of hydrogen-bond donors (Lipinski definition) is 1. The van der Waals surface area contributed by atoms with Crippen molar-refractivity contribution in [1.82, 2.24) is 0 Å². The summed E-state index contributed by atoms with van der Waals surface area (Å²) in [5, 5.41) is 0. The van der Waals surface area contributed by atoms with Gasteiger partial charge in [-0.3, -0.25) is 0 Å². The second-order valence-electron chi connectivity index (χ2n) is 5.20. The van der Waals surface area contributed by atoms with Crippen LogP contribution in [0.25, 0.3) is 11.1 Å². The van der Waals surface area contributed by atoms with Crippen LogP contribution in [0.15, 0.2) is 36.4 Å². The van der Waals surface area contributed by atoms with Crippen LogP contribution in [0.5, 0.6) is 5.75 Å². The van der Waals surface area contributed by atoms with Crippen LogP contribution in [0.1, 0.15) is 11.1 Å². The zero-order chi connectivity index (χ0) is 15.9. The Labute approximate surface area is 124 Å². The number of ether oxygens (including phenoxy) is 1. The Balaban J connectivity index is 2.02. The van der Waals surface area contributed by atoms with Gasteiger partial charge in [0.25, 0.3) is 0 Å². The summed E-state index contributed by atoms with van der Waals surface area (Å²) in [5.41, 5.74) is 6.08. The van der Waals surface area contributed by atoms with E-state index in [2.05, 4.69) is 0 Å². The van der Waals surface area contributed by atoms with E-state index in [1.807, 2.05) is 0 Å². The molecule has 116 valence electrons. The van der Waals surface area contributed by atoms with Crippen LogP contribution in [-0.2, 0) is 12.6 Å². The maximum atomic E-state index is 14.1. The molecule has 2 nitrogen and oxygen atoms in total. The number of nitrogens with two attached hydrogens (primary N) is 1. The lowest BCUT2D eigenvalue weighted by Crippen LogP contribution is -2.24. The van der Waals surface area contributed by atoms with Gasteiger partial charge >= 0.3 is 6.18 Å². The molecule has 2 aromatic rings. The Hall–Kier alpha value is -2.08. The molecule has 1 atom stereocenters. The molecular weight excluding hydrogens is 298 g/mol. The van der Waals surface area contributed by atoms with Crippen LogP contribution in [0.4, 0.5) is 17.6 Å².